The minimum Gasteiger partial charge on any atom is -0.462 e. The molecular formula is C19H21N3O3. The zero-order chi connectivity index (χ0) is 17.6. The van der Waals surface area contributed by atoms with Gasteiger partial charge in [-0.3, -0.25) is 9.78 Å². The van der Waals surface area contributed by atoms with Gasteiger partial charge in [-0.2, -0.15) is 0 Å². The van der Waals surface area contributed by atoms with Gasteiger partial charge >= 0.3 is 5.97 Å². The van der Waals surface area contributed by atoms with Crippen molar-refractivity contribution >= 4 is 23.3 Å². The number of ether oxygens (including phenoxy) is 1. The predicted octanol–water partition coefficient (Wildman–Crippen LogP) is 3.24. The highest BCUT2D eigenvalue weighted by Crippen LogP contribution is 2.22. The summed E-state index contributed by atoms with van der Waals surface area (Å²) in [6, 6.07) is 10.6. The van der Waals surface area contributed by atoms with E-state index in [-0.39, 0.29) is 11.9 Å². The maximum Gasteiger partial charge on any atom is 0.340 e. The molecule has 0 atom stereocenters. The minimum atomic E-state index is -0.381. The Labute approximate surface area is 146 Å². The fourth-order valence-corrected chi connectivity index (χ4v) is 2.84. The number of nitrogens with zero attached hydrogens (tertiary/aromatic N) is 2. The molecule has 3 rings (SSSR count). The lowest BCUT2D eigenvalue weighted by Gasteiger charge is -2.15. The summed E-state index contributed by atoms with van der Waals surface area (Å²) in [6.07, 6.45) is 3.67. The van der Waals surface area contributed by atoms with Gasteiger partial charge < -0.3 is 15.0 Å². The van der Waals surface area contributed by atoms with Crippen LogP contribution in [-0.2, 0) is 4.74 Å². The molecule has 0 unspecified atom stereocenters. The number of esters is 1. The molecule has 2 aromatic rings. The Bertz CT molecular complexity index is 770. The number of amides is 1. The van der Waals surface area contributed by atoms with E-state index in [1.807, 2.05) is 11.0 Å². The number of likely N-dealkylation sites (tertiary alicyclic amines) is 1. The zero-order valence-electron chi connectivity index (χ0n) is 14.2. The van der Waals surface area contributed by atoms with Gasteiger partial charge in [0.1, 0.15) is 5.69 Å². The summed E-state index contributed by atoms with van der Waals surface area (Å²) in [5, 5.41) is 3.19. The zero-order valence-corrected chi connectivity index (χ0v) is 14.2. The molecule has 0 saturated carbocycles. The number of aromatic nitrogens is 1. The Hall–Kier alpha value is -2.89. The normalized spacial score (nSPS) is 13.6. The molecule has 1 aliphatic rings. The van der Waals surface area contributed by atoms with Crippen molar-refractivity contribution in [2.24, 2.45) is 0 Å². The van der Waals surface area contributed by atoms with Crippen molar-refractivity contribution in [1.29, 1.82) is 0 Å². The molecule has 6 heteroatoms. The topological polar surface area (TPSA) is 71.5 Å². The van der Waals surface area contributed by atoms with Crippen LogP contribution in [0.5, 0.6) is 0 Å². The molecule has 25 heavy (non-hydrogen) atoms. The molecule has 1 amide bonds. The number of nitrogens with one attached hydrogen (secondary N) is 1. The van der Waals surface area contributed by atoms with Crippen LogP contribution in [0.2, 0.25) is 0 Å². The first-order valence-electron chi connectivity index (χ1n) is 8.47. The van der Waals surface area contributed by atoms with Crippen LogP contribution in [-0.4, -0.2) is 41.5 Å². The van der Waals surface area contributed by atoms with Gasteiger partial charge in [0.05, 0.1) is 17.9 Å². The molecule has 1 saturated heterocycles. The smallest absolute Gasteiger partial charge is 0.340 e. The van der Waals surface area contributed by atoms with E-state index in [2.05, 4.69) is 10.3 Å². The third kappa shape index (κ3) is 3.96. The Morgan fingerprint density at radius 1 is 1.20 bits per heavy atom. The summed E-state index contributed by atoms with van der Waals surface area (Å²) in [5.74, 6) is -0.437. The molecule has 1 aliphatic heterocycles. The van der Waals surface area contributed by atoms with E-state index in [1.54, 1.807) is 43.5 Å². The molecular weight excluding hydrogens is 318 g/mol. The van der Waals surface area contributed by atoms with Gasteiger partial charge in [-0.15, -0.1) is 0 Å². The molecule has 2 heterocycles. The largest absolute Gasteiger partial charge is 0.462 e. The fraction of sp³-hybridized carbons (Fsp3) is 0.316. The van der Waals surface area contributed by atoms with Gasteiger partial charge in [0.15, 0.2) is 0 Å². The lowest BCUT2D eigenvalue weighted by atomic mass is 10.1. The van der Waals surface area contributed by atoms with E-state index in [9.17, 15) is 9.59 Å². The molecule has 130 valence electrons. The first kappa shape index (κ1) is 17.0. The van der Waals surface area contributed by atoms with Crippen molar-refractivity contribution in [1.82, 2.24) is 9.88 Å². The third-order valence-electron chi connectivity index (χ3n) is 4.07. The fourth-order valence-electron chi connectivity index (χ4n) is 2.84. The lowest BCUT2D eigenvalue weighted by molar-refractivity contribution is 0.0527. The molecule has 6 nitrogen and oxygen atoms in total. The van der Waals surface area contributed by atoms with Crippen molar-refractivity contribution in [2.45, 2.75) is 19.8 Å². The van der Waals surface area contributed by atoms with E-state index in [4.69, 9.17) is 4.74 Å². The van der Waals surface area contributed by atoms with E-state index in [0.717, 1.165) is 25.9 Å². The van der Waals surface area contributed by atoms with Crippen molar-refractivity contribution in [3.63, 3.8) is 0 Å². The van der Waals surface area contributed by atoms with Gasteiger partial charge in [-0.05, 0) is 44.0 Å². The number of anilines is 2. The van der Waals surface area contributed by atoms with Crippen molar-refractivity contribution < 1.29 is 14.3 Å². The number of hydrogen-bond donors (Lipinski definition) is 1. The first-order chi connectivity index (χ1) is 12.2. The number of rotatable bonds is 5. The monoisotopic (exact) mass is 339 g/mol. The molecule has 0 spiro atoms. The Morgan fingerprint density at radius 3 is 2.72 bits per heavy atom. The van der Waals surface area contributed by atoms with Crippen LogP contribution >= 0.6 is 0 Å². The van der Waals surface area contributed by atoms with Crippen LogP contribution in [0.4, 0.5) is 11.4 Å². The van der Waals surface area contributed by atoms with Crippen LogP contribution < -0.4 is 5.32 Å². The number of carbonyl (C=O) groups excluding carboxylic acids is 2. The number of carbonyl (C=O) groups is 2. The number of pyridine rings is 1. The Morgan fingerprint density at radius 2 is 1.96 bits per heavy atom. The maximum absolute atomic E-state index is 12.5. The van der Waals surface area contributed by atoms with Gasteiger partial charge in [0.2, 0.25) is 0 Å². The summed E-state index contributed by atoms with van der Waals surface area (Å²) >= 11 is 0. The van der Waals surface area contributed by atoms with Crippen LogP contribution in [0, 0.1) is 0 Å². The Balaban J connectivity index is 1.81. The summed E-state index contributed by atoms with van der Waals surface area (Å²) in [4.78, 5) is 30.6. The van der Waals surface area contributed by atoms with Gasteiger partial charge in [0.25, 0.3) is 5.91 Å². The second-order valence-corrected chi connectivity index (χ2v) is 5.82. The van der Waals surface area contributed by atoms with Gasteiger partial charge in [-0.1, -0.05) is 12.1 Å². The maximum atomic E-state index is 12.5. The molecule has 1 N–H and O–H groups in total. The summed E-state index contributed by atoms with van der Waals surface area (Å²) < 4.78 is 5.08. The summed E-state index contributed by atoms with van der Waals surface area (Å²) in [6.45, 7) is 3.65. The van der Waals surface area contributed by atoms with E-state index < -0.39 is 0 Å². The van der Waals surface area contributed by atoms with Gasteiger partial charge in [-0.25, -0.2) is 4.79 Å². The highest BCUT2D eigenvalue weighted by atomic mass is 16.5. The number of para-hydroxylation sites is 1. The standard InChI is InChI=1S/C19H21N3O3/c1-2-25-19(24)15-7-3-4-8-16(15)21-14-9-10-20-17(13-14)18(23)22-11-5-6-12-22/h3-4,7-10,13H,2,5-6,11-12H2,1H3,(H,20,21). The van der Waals surface area contributed by atoms with Crippen LogP contribution in [0.15, 0.2) is 42.6 Å². The second-order valence-electron chi connectivity index (χ2n) is 5.82. The first-order valence-corrected chi connectivity index (χ1v) is 8.47. The molecule has 0 bridgehead atoms. The third-order valence-corrected chi connectivity index (χ3v) is 4.07. The van der Waals surface area contributed by atoms with Crippen LogP contribution in [0.3, 0.4) is 0 Å². The molecule has 0 radical (unpaired) electrons. The van der Waals surface area contributed by atoms with E-state index >= 15 is 0 Å². The SMILES string of the molecule is CCOC(=O)c1ccccc1Nc1ccnc(C(=O)N2CCCC2)c1. The second kappa shape index (κ2) is 7.79. The highest BCUT2D eigenvalue weighted by Gasteiger charge is 2.21. The summed E-state index contributed by atoms with van der Waals surface area (Å²) in [5.41, 5.74) is 2.19. The van der Waals surface area contributed by atoms with Gasteiger partial charge in [0, 0.05) is 25.0 Å². The molecule has 1 aromatic carbocycles. The lowest BCUT2D eigenvalue weighted by Crippen LogP contribution is -2.28. The average molecular weight is 339 g/mol. The van der Waals surface area contributed by atoms with E-state index in [0.29, 0.717) is 29.2 Å². The molecule has 1 aromatic heterocycles. The summed E-state index contributed by atoms with van der Waals surface area (Å²) in [7, 11) is 0. The number of benzene rings is 1. The van der Waals surface area contributed by atoms with E-state index in [1.165, 1.54) is 0 Å². The average Bonchev–Trinajstić information content (AvgIpc) is 3.16. The predicted molar refractivity (Wildman–Crippen MR) is 95.1 cm³/mol. The Kier molecular flexibility index (Phi) is 5.28. The van der Waals surface area contributed by atoms with Crippen molar-refractivity contribution in [3.05, 3.63) is 53.9 Å². The minimum absolute atomic E-state index is 0.0557. The van der Waals surface area contributed by atoms with Crippen molar-refractivity contribution in [3.8, 4) is 0 Å². The number of hydrogen-bond acceptors (Lipinski definition) is 5. The quantitative estimate of drug-likeness (QED) is 0.847. The molecule has 0 aliphatic carbocycles. The highest BCUT2D eigenvalue weighted by molar-refractivity contribution is 5.97. The van der Waals surface area contributed by atoms with Crippen molar-refractivity contribution in [2.75, 3.05) is 25.0 Å². The molecule has 1 fully saturated rings. The van der Waals surface area contributed by atoms with Crippen LogP contribution in [0.1, 0.15) is 40.6 Å². The van der Waals surface area contributed by atoms with Crippen LogP contribution in [0.25, 0.3) is 0 Å².